The summed E-state index contributed by atoms with van der Waals surface area (Å²) in [6.07, 6.45) is 4.16. The second-order valence-corrected chi connectivity index (χ2v) is 4.35. The van der Waals surface area contributed by atoms with Crippen LogP contribution in [0.4, 0.5) is 5.69 Å². The van der Waals surface area contributed by atoms with Gasteiger partial charge >= 0.3 is 0 Å². The molecule has 1 amide bonds. The first-order valence-electron chi connectivity index (χ1n) is 5.75. The molecular weight excluding hydrogens is 218 g/mol. The lowest BCUT2D eigenvalue weighted by Gasteiger charge is -2.10. The fourth-order valence-electron chi connectivity index (χ4n) is 2.07. The van der Waals surface area contributed by atoms with Crippen LogP contribution in [0.1, 0.15) is 19.3 Å². The molecule has 0 spiro atoms. The first-order valence-corrected chi connectivity index (χ1v) is 5.75. The molecule has 0 aliphatic heterocycles. The Bertz CT molecular complexity index is 391. The number of amides is 1. The van der Waals surface area contributed by atoms with Crippen LogP contribution in [0.3, 0.4) is 0 Å². The molecule has 2 unspecified atom stereocenters. The van der Waals surface area contributed by atoms with Crippen LogP contribution in [0.25, 0.3) is 0 Å². The van der Waals surface area contributed by atoms with Crippen molar-refractivity contribution in [2.45, 2.75) is 25.3 Å². The van der Waals surface area contributed by atoms with Crippen molar-refractivity contribution < 1.29 is 9.53 Å². The van der Waals surface area contributed by atoms with Gasteiger partial charge in [-0.15, -0.1) is 0 Å². The number of methoxy groups -OCH3 is 1. The minimum Gasteiger partial charge on any atom is -0.481 e. The molecule has 2 atom stereocenters. The lowest BCUT2D eigenvalue weighted by atomic mass is 10.1. The summed E-state index contributed by atoms with van der Waals surface area (Å²) in [5.74, 6) is 0.600. The third-order valence-electron chi connectivity index (χ3n) is 3.06. The average Bonchev–Trinajstić information content (AvgIpc) is 2.77. The number of carbonyl (C=O) groups is 1. The second-order valence-electron chi connectivity index (χ2n) is 4.35. The fraction of sp³-hybridized carbons (Fsp3) is 0.500. The molecule has 1 aliphatic carbocycles. The Labute approximate surface area is 100 Å². The summed E-state index contributed by atoms with van der Waals surface area (Å²) in [4.78, 5) is 15.9. The van der Waals surface area contributed by atoms with Gasteiger partial charge in [-0.05, 0) is 25.3 Å². The van der Waals surface area contributed by atoms with Gasteiger partial charge in [0, 0.05) is 18.0 Å². The number of carbonyl (C=O) groups excluding carboxylic acids is 1. The van der Waals surface area contributed by atoms with E-state index in [2.05, 4.69) is 10.3 Å². The molecule has 92 valence electrons. The summed E-state index contributed by atoms with van der Waals surface area (Å²) in [6.45, 7) is 0. The summed E-state index contributed by atoms with van der Waals surface area (Å²) in [6, 6.07) is 3.66. The highest BCUT2D eigenvalue weighted by Gasteiger charge is 2.27. The van der Waals surface area contributed by atoms with Crippen LogP contribution in [-0.2, 0) is 4.79 Å². The van der Waals surface area contributed by atoms with Gasteiger partial charge < -0.3 is 15.8 Å². The van der Waals surface area contributed by atoms with Crippen LogP contribution < -0.4 is 15.8 Å². The number of nitrogens with two attached hydrogens (primary N) is 1. The van der Waals surface area contributed by atoms with Gasteiger partial charge in [-0.2, -0.15) is 0 Å². The van der Waals surface area contributed by atoms with Crippen molar-refractivity contribution in [2.75, 3.05) is 12.4 Å². The Morgan fingerprint density at radius 2 is 2.35 bits per heavy atom. The van der Waals surface area contributed by atoms with Crippen molar-refractivity contribution in [3.63, 3.8) is 0 Å². The molecule has 2 rings (SSSR count). The van der Waals surface area contributed by atoms with Gasteiger partial charge in [-0.3, -0.25) is 4.79 Å². The smallest absolute Gasteiger partial charge is 0.227 e. The molecule has 17 heavy (non-hydrogen) atoms. The number of nitrogens with zero attached hydrogens (tertiary/aromatic N) is 1. The Balaban J connectivity index is 1.93. The van der Waals surface area contributed by atoms with Gasteiger partial charge in [-0.1, -0.05) is 0 Å². The van der Waals surface area contributed by atoms with Gasteiger partial charge in [0.15, 0.2) is 0 Å². The second kappa shape index (κ2) is 5.14. The van der Waals surface area contributed by atoms with Crippen LogP contribution >= 0.6 is 0 Å². The average molecular weight is 235 g/mol. The Morgan fingerprint density at radius 1 is 1.53 bits per heavy atom. The molecule has 5 heteroatoms. The Morgan fingerprint density at radius 3 is 2.88 bits per heavy atom. The number of rotatable bonds is 3. The maximum Gasteiger partial charge on any atom is 0.227 e. The van der Waals surface area contributed by atoms with E-state index in [4.69, 9.17) is 10.5 Å². The van der Waals surface area contributed by atoms with E-state index in [1.807, 2.05) is 0 Å². The minimum absolute atomic E-state index is 0.0323. The number of pyridine rings is 1. The van der Waals surface area contributed by atoms with Gasteiger partial charge in [0.25, 0.3) is 0 Å². The third kappa shape index (κ3) is 2.94. The van der Waals surface area contributed by atoms with Crippen molar-refractivity contribution in [1.29, 1.82) is 0 Å². The number of nitrogens with one attached hydrogen (secondary N) is 1. The van der Waals surface area contributed by atoms with Crippen molar-refractivity contribution >= 4 is 11.6 Å². The van der Waals surface area contributed by atoms with Crippen molar-refractivity contribution in [3.8, 4) is 5.88 Å². The van der Waals surface area contributed by atoms with E-state index < -0.39 is 0 Å². The Kier molecular flexibility index (Phi) is 3.58. The SMILES string of the molecule is COc1ccc(NC(=O)C2CCC(N)C2)cn1. The molecule has 0 bridgehead atoms. The molecule has 1 aromatic heterocycles. The van der Waals surface area contributed by atoms with Crippen LogP contribution in [0, 0.1) is 5.92 Å². The summed E-state index contributed by atoms with van der Waals surface area (Å²) in [5.41, 5.74) is 6.48. The number of hydrogen-bond acceptors (Lipinski definition) is 4. The standard InChI is InChI=1S/C12H17N3O2/c1-17-11-5-4-10(7-14-11)15-12(16)8-2-3-9(13)6-8/h4-5,7-9H,2-3,6,13H2,1H3,(H,15,16). The van der Waals surface area contributed by atoms with E-state index in [-0.39, 0.29) is 17.9 Å². The normalized spacial score (nSPS) is 23.4. The monoisotopic (exact) mass is 235 g/mol. The van der Waals surface area contributed by atoms with Crippen LogP contribution in [0.15, 0.2) is 18.3 Å². The summed E-state index contributed by atoms with van der Waals surface area (Å²) < 4.78 is 4.95. The van der Waals surface area contributed by atoms with Crippen molar-refractivity contribution in [3.05, 3.63) is 18.3 Å². The molecule has 3 N–H and O–H groups in total. The van der Waals surface area contributed by atoms with Crippen molar-refractivity contribution in [2.24, 2.45) is 11.7 Å². The summed E-state index contributed by atoms with van der Waals surface area (Å²) >= 11 is 0. The summed E-state index contributed by atoms with van der Waals surface area (Å²) in [7, 11) is 1.56. The van der Waals surface area contributed by atoms with Crippen LogP contribution in [0.2, 0.25) is 0 Å². The predicted octanol–water partition coefficient (Wildman–Crippen LogP) is 1.16. The lowest BCUT2D eigenvalue weighted by Crippen LogP contribution is -2.23. The molecule has 1 saturated carbocycles. The van der Waals surface area contributed by atoms with Crippen molar-refractivity contribution in [1.82, 2.24) is 4.98 Å². The molecule has 1 aliphatic rings. The van der Waals surface area contributed by atoms with E-state index in [0.29, 0.717) is 11.6 Å². The Hall–Kier alpha value is -1.62. The molecule has 5 nitrogen and oxygen atoms in total. The highest BCUT2D eigenvalue weighted by atomic mass is 16.5. The topological polar surface area (TPSA) is 77.2 Å². The summed E-state index contributed by atoms with van der Waals surface area (Å²) in [5, 5.41) is 2.84. The third-order valence-corrected chi connectivity index (χ3v) is 3.06. The molecule has 0 aromatic carbocycles. The number of ether oxygens (including phenoxy) is 1. The zero-order valence-electron chi connectivity index (χ0n) is 9.85. The van der Waals surface area contributed by atoms with E-state index in [0.717, 1.165) is 19.3 Å². The van der Waals surface area contributed by atoms with Gasteiger partial charge in [0.2, 0.25) is 11.8 Å². The number of hydrogen-bond donors (Lipinski definition) is 2. The van der Waals surface area contributed by atoms with E-state index in [1.165, 1.54) is 0 Å². The lowest BCUT2D eigenvalue weighted by molar-refractivity contribution is -0.119. The minimum atomic E-state index is 0.0323. The highest BCUT2D eigenvalue weighted by molar-refractivity contribution is 5.92. The van der Waals surface area contributed by atoms with E-state index >= 15 is 0 Å². The fourth-order valence-corrected chi connectivity index (χ4v) is 2.07. The molecule has 1 heterocycles. The number of anilines is 1. The molecular formula is C12H17N3O2. The van der Waals surface area contributed by atoms with Crippen LogP contribution in [0.5, 0.6) is 5.88 Å². The zero-order chi connectivity index (χ0) is 12.3. The molecule has 1 aromatic rings. The van der Waals surface area contributed by atoms with Gasteiger partial charge in [-0.25, -0.2) is 4.98 Å². The maximum atomic E-state index is 11.9. The largest absolute Gasteiger partial charge is 0.481 e. The predicted molar refractivity (Wildman–Crippen MR) is 64.7 cm³/mol. The maximum absolute atomic E-state index is 11.9. The van der Waals surface area contributed by atoms with Crippen LogP contribution in [-0.4, -0.2) is 24.0 Å². The highest BCUT2D eigenvalue weighted by Crippen LogP contribution is 2.25. The number of aromatic nitrogens is 1. The van der Waals surface area contributed by atoms with E-state index in [9.17, 15) is 4.79 Å². The first-order chi connectivity index (χ1) is 8.19. The molecule has 0 saturated heterocycles. The quantitative estimate of drug-likeness (QED) is 0.824. The first kappa shape index (κ1) is 11.9. The van der Waals surface area contributed by atoms with E-state index in [1.54, 1.807) is 25.4 Å². The molecule has 1 fully saturated rings. The van der Waals surface area contributed by atoms with Gasteiger partial charge in [0.05, 0.1) is 19.0 Å². The van der Waals surface area contributed by atoms with Gasteiger partial charge in [0.1, 0.15) is 0 Å². The molecule has 0 radical (unpaired) electrons. The zero-order valence-corrected chi connectivity index (χ0v) is 9.85.